The van der Waals surface area contributed by atoms with Crippen molar-refractivity contribution in [1.82, 2.24) is 4.98 Å². The Morgan fingerprint density at radius 1 is 1.08 bits per heavy atom. The Hall–Kier alpha value is -2.63. The molecule has 2 aromatic carbocycles. The van der Waals surface area contributed by atoms with Crippen molar-refractivity contribution in [3.63, 3.8) is 0 Å². The number of H-pyrrole nitrogens is 1. The monoisotopic (exact) mass is 368 g/mol. The van der Waals surface area contributed by atoms with Crippen LogP contribution in [0.5, 0.6) is 0 Å². The van der Waals surface area contributed by atoms with Gasteiger partial charge in [-0.2, -0.15) is 0 Å². The smallest absolute Gasteiger partial charge is 0.275 e. The molecule has 6 heteroatoms. The van der Waals surface area contributed by atoms with Gasteiger partial charge in [-0.1, -0.05) is 41.6 Å². The molecule has 2 aromatic heterocycles. The number of benzene rings is 2. The summed E-state index contributed by atoms with van der Waals surface area (Å²) in [6.07, 6.45) is 1.51. The topological polar surface area (TPSA) is 58.0 Å². The lowest BCUT2D eigenvalue weighted by Gasteiger charge is -2.05. The van der Waals surface area contributed by atoms with Gasteiger partial charge in [0.25, 0.3) is 5.91 Å². The fraction of sp³-hybridized carbons (Fsp3) is 0. The molecule has 4 aromatic rings. The number of anilines is 1. The summed E-state index contributed by atoms with van der Waals surface area (Å²) < 4.78 is 5.20. The molecule has 1 amide bonds. The Morgan fingerprint density at radius 2 is 1.92 bits per heavy atom. The van der Waals surface area contributed by atoms with E-state index in [1.165, 1.54) is 18.0 Å². The lowest BCUT2D eigenvalue weighted by Crippen LogP contribution is -2.12. The van der Waals surface area contributed by atoms with Crippen molar-refractivity contribution in [1.29, 1.82) is 0 Å². The molecule has 0 aliphatic carbocycles. The van der Waals surface area contributed by atoms with Crippen molar-refractivity contribution in [3.8, 4) is 0 Å². The third kappa shape index (κ3) is 3.29. The maximum Gasteiger partial charge on any atom is 0.275 e. The number of hydrogen-bond acceptors (Lipinski definition) is 3. The van der Waals surface area contributed by atoms with E-state index < -0.39 is 0 Å². The van der Waals surface area contributed by atoms with Crippen molar-refractivity contribution in [3.05, 3.63) is 77.6 Å². The van der Waals surface area contributed by atoms with Crippen LogP contribution in [0.3, 0.4) is 0 Å². The first-order valence-corrected chi connectivity index (χ1v) is 8.79. The Balaban J connectivity index is 1.79. The van der Waals surface area contributed by atoms with E-state index >= 15 is 0 Å². The molecule has 4 rings (SSSR count). The number of aromatic nitrogens is 1. The van der Waals surface area contributed by atoms with E-state index in [4.69, 9.17) is 16.0 Å². The third-order valence-electron chi connectivity index (χ3n) is 3.66. The number of nitrogens with one attached hydrogen (secondary N) is 2. The Kier molecular flexibility index (Phi) is 4.26. The van der Waals surface area contributed by atoms with Crippen molar-refractivity contribution in [2.75, 3.05) is 5.32 Å². The van der Waals surface area contributed by atoms with Gasteiger partial charge >= 0.3 is 0 Å². The predicted octanol–water partition coefficient (Wildman–Crippen LogP) is 5.82. The largest absolute Gasteiger partial charge is 0.449 e. The summed E-state index contributed by atoms with van der Waals surface area (Å²) in [5, 5.41) is 4.29. The molecule has 0 aliphatic heterocycles. The summed E-state index contributed by atoms with van der Waals surface area (Å²) in [5.74, 6) is 0.137. The highest BCUT2D eigenvalue weighted by Crippen LogP contribution is 2.38. The summed E-state index contributed by atoms with van der Waals surface area (Å²) in [6.45, 7) is 0. The van der Waals surface area contributed by atoms with Crippen LogP contribution in [-0.4, -0.2) is 10.9 Å². The zero-order valence-electron chi connectivity index (χ0n) is 13.0. The Morgan fingerprint density at radius 3 is 2.68 bits per heavy atom. The van der Waals surface area contributed by atoms with Crippen molar-refractivity contribution in [2.45, 2.75) is 9.79 Å². The van der Waals surface area contributed by atoms with E-state index in [1.807, 2.05) is 42.5 Å². The van der Waals surface area contributed by atoms with E-state index in [2.05, 4.69) is 10.3 Å². The number of carbonyl (C=O) groups excluding carboxylic acids is 1. The SMILES string of the molecule is O=C(Nc1ccco1)c1[nH]c2ccc(Cl)cc2c1Sc1ccccc1. The standard InChI is InChI=1S/C19H13ClN2O2S/c20-12-8-9-15-14(11-12)18(25-13-5-2-1-3-6-13)17(21-15)19(23)22-16-7-4-10-24-16/h1-11,21H,(H,22,23). The zero-order valence-corrected chi connectivity index (χ0v) is 14.5. The molecule has 25 heavy (non-hydrogen) atoms. The van der Waals surface area contributed by atoms with Gasteiger partial charge in [0.1, 0.15) is 5.69 Å². The van der Waals surface area contributed by atoms with Crippen LogP contribution in [0, 0.1) is 0 Å². The normalized spacial score (nSPS) is 10.9. The second kappa shape index (κ2) is 6.70. The second-order valence-electron chi connectivity index (χ2n) is 5.37. The minimum Gasteiger partial charge on any atom is -0.449 e. The number of carbonyl (C=O) groups is 1. The lowest BCUT2D eigenvalue weighted by molar-refractivity contribution is 0.101. The first-order valence-electron chi connectivity index (χ1n) is 7.60. The molecular weight excluding hydrogens is 356 g/mol. The van der Waals surface area contributed by atoms with Crippen LogP contribution >= 0.6 is 23.4 Å². The minimum atomic E-state index is -0.263. The molecule has 0 atom stereocenters. The molecule has 0 spiro atoms. The van der Waals surface area contributed by atoms with E-state index in [0.29, 0.717) is 16.6 Å². The van der Waals surface area contributed by atoms with Gasteiger partial charge in [0.05, 0.1) is 11.2 Å². The minimum absolute atomic E-state index is 0.263. The molecule has 0 saturated heterocycles. The molecular formula is C19H13ClN2O2S. The van der Waals surface area contributed by atoms with Gasteiger partial charge in [-0.15, -0.1) is 0 Å². The number of amides is 1. The van der Waals surface area contributed by atoms with E-state index in [0.717, 1.165) is 20.7 Å². The number of rotatable bonds is 4. The van der Waals surface area contributed by atoms with Gasteiger partial charge in [-0.05, 0) is 36.4 Å². The second-order valence-corrected chi connectivity index (χ2v) is 6.89. The molecule has 0 bridgehead atoms. The summed E-state index contributed by atoms with van der Waals surface area (Å²) in [6, 6.07) is 18.8. The van der Waals surface area contributed by atoms with Crippen molar-refractivity contribution >= 4 is 46.1 Å². The summed E-state index contributed by atoms with van der Waals surface area (Å²) >= 11 is 7.68. The first kappa shape index (κ1) is 15.9. The molecule has 2 N–H and O–H groups in total. The number of hydrogen-bond donors (Lipinski definition) is 2. The van der Waals surface area contributed by atoms with Crippen LogP contribution in [0.1, 0.15) is 10.5 Å². The van der Waals surface area contributed by atoms with Gasteiger partial charge in [-0.3, -0.25) is 10.1 Å². The number of fused-ring (bicyclic) bond motifs is 1. The number of halogens is 1. The molecule has 0 aliphatic rings. The quantitative estimate of drug-likeness (QED) is 0.477. The fourth-order valence-corrected chi connectivity index (χ4v) is 3.76. The van der Waals surface area contributed by atoms with Crippen LogP contribution in [0.2, 0.25) is 5.02 Å². The molecule has 2 heterocycles. The van der Waals surface area contributed by atoms with Crippen LogP contribution in [0.25, 0.3) is 10.9 Å². The summed E-state index contributed by atoms with van der Waals surface area (Å²) in [5.41, 5.74) is 1.33. The Labute approximate surface area is 153 Å². The number of furan rings is 1. The molecule has 0 radical (unpaired) electrons. The highest BCUT2D eigenvalue weighted by atomic mass is 35.5. The van der Waals surface area contributed by atoms with Crippen LogP contribution in [0.4, 0.5) is 5.88 Å². The van der Waals surface area contributed by atoms with Gasteiger partial charge in [0.2, 0.25) is 0 Å². The zero-order chi connectivity index (χ0) is 17.2. The maximum absolute atomic E-state index is 12.7. The van der Waals surface area contributed by atoms with Crippen LogP contribution < -0.4 is 5.32 Å². The van der Waals surface area contributed by atoms with Gasteiger partial charge in [0, 0.05) is 26.9 Å². The van der Waals surface area contributed by atoms with Gasteiger partial charge in [0.15, 0.2) is 5.88 Å². The summed E-state index contributed by atoms with van der Waals surface area (Å²) in [4.78, 5) is 17.8. The van der Waals surface area contributed by atoms with Crippen LogP contribution in [-0.2, 0) is 0 Å². The van der Waals surface area contributed by atoms with Crippen LogP contribution in [0.15, 0.2) is 81.1 Å². The van der Waals surface area contributed by atoms with E-state index in [1.54, 1.807) is 18.2 Å². The lowest BCUT2D eigenvalue weighted by atomic mass is 10.2. The summed E-state index contributed by atoms with van der Waals surface area (Å²) in [7, 11) is 0. The van der Waals surface area contributed by atoms with Crippen molar-refractivity contribution in [2.24, 2.45) is 0 Å². The molecule has 124 valence electrons. The predicted molar refractivity (Wildman–Crippen MR) is 101 cm³/mol. The van der Waals surface area contributed by atoms with Gasteiger partial charge in [-0.25, -0.2) is 0 Å². The van der Waals surface area contributed by atoms with E-state index in [9.17, 15) is 4.79 Å². The fourth-order valence-electron chi connectivity index (χ4n) is 2.54. The highest BCUT2D eigenvalue weighted by molar-refractivity contribution is 7.99. The molecule has 0 saturated carbocycles. The average molecular weight is 369 g/mol. The van der Waals surface area contributed by atoms with Gasteiger partial charge < -0.3 is 9.40 Å². The highest BCUT2D eigenvalue weighted by Gasteiger charge is 2.20. The Bertz CT molecular complexity index is 1030. The first-order chi connectivity index (χ1) is 12.2. The van der Waals surface area contributed by atoms with E-state index in [-0.39, 0.29) is 5.91 Å². The molecule has 0 fully saturated rings. The molecule has 4 nitrogen and oxygen atoms in total. The molecule has 0 unspecified atom stereocenters. The van der Waals surface area contributed by atoms with Crippen molar-refractivity contribution < 1.29 is 9.21 Å². The third-order valence-corrected chi connectivity index (χ3v) is 5.03. The maximum atomic E-state index is 12.7. The number of aromatic amines is 1. The average Bonchev–Trinajstić information content (AvgIpc) is 3.24.